The van der Waals surface area contributed by atoms with E-state index in [1.807, 2.05) is 0 Å². The van der Waals surface area contributed by atoms with E-state index in [0.717, 1.165) is 0 Å². The van der Waals surface area contributed by atoms with Gasteiger partial charge >= 0.3 is 0 Å². The van der Waals surface area contributed by atoms with Crippen molar-refractivity contribution in [2.45, 2.75) is 51.9 Å². The highest BCUT2D eigenvalue weighted by Crippen LogP contribution is 2.04. The SMILES string of the molecule is CCCCCCCCNCCCN1CCNCC1. The minimum atomic E-state index is 1.17. The minimum Gasteiger partial charge on any atom is -0.317 e. The first-order valence-corrected chi connectivity index (χ1v) is 8.07. The summed E-state index contributed by atoms with van der Waals surface area (Å²) in [5.41, 5.74) is 0. The van der Waals surface area contributed by atoms with E-state index in [-0.39, 0.29) is 0 Å². The van der Waals surface area contributed by atoms with Crippen molar-refractivity contribution >= 4 is 0 Å². The molecule has 0 aromatic rings. The average Bonchev–Trinajstić information content (AvgIpc) is 2.42. The normalized spacial score (nSPS) is 17.2. The summed E-state index contributed by atoms with van der Waals surface area (Å²) in [6.45, 7) is 10.8. The highest BCUT2D eigenvalue weighted by molar-refractivity contribution is 4.67. The first-order chi connectivity index (χ1) is 8.93. The van der Waals surface area contributed by atoms with E-state index in [0.29, 0.717) is 0 Å². The van der Waals surface area contributed by atoms with E-state index in [4.69, 9.17) is 0 Å². The third-order valence-electron chi connectivity index (χ3n) is 3.74. The molecule has 1 aliphatic heterocycles. The summed E-state index contributed by atoms with van der Waals surface area (Å²) in [6.07, 6.45) is 9.69. The van der Waals surface area contributed by atoms with Gasteiger partial charge in [-0.3, -0.25) is 0 Å². The summed E-state index contributed by atoms with van der Waals surface area (Å²) in [7, 11) is 0. The standard InChI is InChI=1S/C15H33N3/c1-2-3-4-5-6-7-9-16-10-8-13-18-14-11-17-12-15-18/h16-17H,2-15H2,1H3. The molecule has 108 valence electrons. The van der Waals surface area contributed by atoms with Gasteiger partial charge in [0, 0.05) is 26.2 Å². The van der Waals surface area contributed by atoms with Crippen molar-refractivity contribution in [2.75, 3.05) is 45.8 Å². The zero-order valence-corrected chi connectivity index (χ0v) is 12.3. The van der Waals surface area contributed by atoms with E-state index in [2.05, 4.69) is 22.5 Å². The van der Waals surface area contributed by atoms with Gasteiger partial charge < -0.3 is 15.5 Å². The molecule has 0 bridgehead atoms. The molecular weight excluding hydrogens is 222 g/mol. The van der Waals surface area contributed by atoms with Gasteiger partial charge in [0.2, 0.25) is 0 Å². The Bertz CT molecular complexity index is 167. The molecule has 0 unspecified atom stereocenters. The molecular formula is C15H33N3. The highest BCUT2D eigenvalue weighted by Gasteiger charge is 2.07. The summed E-state index contributed by atoms with van der Waals surface area (Å²) in [6, 6.07) is 0. The van der Waals surface area contributed by atoms with Crippen LogP contribution in [0.15, 0.2) is 0 Å². The monoisotopic (exact) mass is 255 g/mol. The molecule has 0 aromatic carbocycles. The molecule has 1 rings (SSSR count). The van der Waals surface area contributed by atoms with Gasteiger partial charge in [-0.05, 0) is 32.5 Å². The second-order valence-electron chi connectivity index (χ2n) is 5.46. The summed E-state index contributed by atoms with van der Waals surface area (Å²) < 4.78 is 0. The summed E-state index contributed by atoms with van der Waals surface area (Å²) >= 11 is 0. The van der Waals surface area contributed by atoms with E-state index in [1.165, 1.54) is 90.8 Å². The maximum atomic E-state index is 3.57. The molecule has 1 fully saturated rings. The Hall–Kier alpha value is -0.120. The molecule has 0 radical (unpaired) electrons. The Morgan fingerprint density at radius 1 is 0.889 bits per heavy atom. The van der Waals surface area contributed by atoms with Gasteiger partial charge in [-0.2, -0.15) is 0 Å². The summed E-state index contributed by atoms with van der Waals surface area (Å²) in [4.78, 5) is 2.57. The molecule has 2 N–H and O–H groups in total. The average molecular weight is 255 g/mol. The van der Waals surface area contributed by atoms with Gasteiger partial charge in [0.1, 0.15) is 0 Å². The van der Waals surface area contributed by atoms with E-state index in [9.17, 15) is 0 Å². The van der Waals surface area contributed by atoms with Crippen molar-refractivity contribution < 1.29 is 0 Å². The Morgan fingerprint density at radius 2 is 1.56 bits per heavy atom. The Labute approximate surface area is 114 Å². The predicted molar refractivity (Wildman–Crippen MR) is 80.2 cm³/mol. The highest BCUT2D eigenvalue weighted by atomic mass is 15.2. The van der Waals surface area contributed by atoms with Crippen LogP contribution in [0, 0.1) is 0 Å². The fraction of sp³-hybridized carbons (Fsp3) is 1.00. The maximum absolute atomic E-state index is 3.57. The zero-order valence-electron chi connectivity index (χ0n) is 12.3. The molecule has 0 saturated carbocycles. The largest absolute Gasteiger partial charge is 0.317 e. The minimum absolute atomic E-state index is 1.17. The lowest BCUT2D eigenvalue weighted by atomic mass is 10.1. The summed E-state index contributed by atoms with van der Waals surface area (Å²) in [5, 5.41) is 6.97. The van der Waals surface area contributed by atoms with Crippen LogP contribution in [0.1, 0.15) is 51.9 Å². The van der Waals surface area contributed by atoms with Crippen LogP contribution >= 0.6 is 0 Å². The van der Waals surface area contributed by atoms with E-state index in [1.54, 1.807) is 0 Å². The predicted octanol–water partition coefficient (Wildman–Crippen LogP) is 2.23. The molecule has 1 heterocycles. The quantitative estimate of drug-likeness (QED) is 0.554. The van der Waals surface area contributed by atoms with Crippen molar-refractivity contribution in [3.05, 3.63) is 0 Å². The van der Waals surface area contributed by atoms with Crippen LogP contribution in [0.2, 0.25) is 0 Å². The molecule has 0 amide bonds. The van der Waals surface area contributed by atoms with Crippen molar-refractivity contribution in [1.29, 1.82) is 0 Å². The van der Waals surface area contributed by atoms with Crippen molar-refractivity contribution in [3.8, 4) is 0 Å². The number of nitrogens with one attached hydrogen (secondary N) is 2. The Kier molecular flexibility index (Phi) is 10.6. The van der Waals surface area contributed by atoms with Crippen molar-refractivity contribution in [2.24, 2.45) is 0 Å². The maximum Gasteiger partial charge on any atom is 0.0107 e. The molecule has 1 aliphatic rings. The van der Waals surface area contributed by atoms with Crippen molar-refractivity contribution in [1.82, 2.24) is 15.5 Å². The van der Waals surface area contributed by atoms with Crippen LogP contribution in [0.3, 0.4) is 0 Å². The van der Waals surface area contributed by atoms with Crippen LogP contribution in [-0.2, 0) is 0 Å². The first kappa shape index (κ1) is 15.9. The van der Waals surface area contributed by atoms with Gasteiger partial charge in [-0.1, -0.05) is 39.0 Å². The molecule has 18 heavy (non-hydrogen) atoms. The number of rotatable bonds is 11. The lowest BCUT2D eigenvalue weighted by Gasteiger charge is -2.27. The van der Waals surface area contributed by atoms with Gasteiger partial charge in [0.05, 0.1) is 0 Å². The van der Waals surface area contributed by atoms with Crippen LogP contribution < -0.4 is 10.6 Å². The molecule has 3 heteroatoms. The smallest absolute Gasteiger partial charge is 0.0107 e. The van der Waals surface area contributed by atoms with Gasteiger partial charge in [0.15, 0.2) is 0 Å². The first-order valence-electron chi connectivity index (χ1n) is 8.07. The topological polar surface area (TPSA) is 27.3 Å². The van der Waals surface area contributed by atoms with E-state index >= 15 is 0 Å². The number of hydrogen-bond acceptors (Lipinski definition) is 3. The number of nitrogens with zero attached hydrogens (tertiary/aromatic N) is 1. The van der Waals surface area contributed by atoms with Gasteiger partial charge in [-0.15, -0.1) is 0 Å². The fourth-order valence-electron chi connectivity index (χ4n) is 2.52. The third kappa shape index (κ3) is 8.90. The summed E-state index contributed by atoms with van der Waals surface area (Å²) in [5.74, 6) is 0. The van der Waals surface area contributed by atoms with Crippen LogP contribution in [0.25, 0.3) is 0 Å². The third-order valence-corrected chi connectivity index (χ3v) is 3.74. The van der Waals surface area contributed by atoms with E-state index < -0.39 is 0 Å². The van der Waals surface area contributed by atoms with Crippen LogP contribution in [0.5, 0.6) is 0 Å². The second kappa shape index (κ2) is 11.9. The number of unbranched alkanes of at least 4 members (excludes halogenated alkanes) is 5. The molecule has 0 aromatic heterocycles. The zero-order chi connectivity index (χ0) is 12.9. The molecule has 0 atom stereocenters. The van der Waals surface area contributed by atoms with Gasteiger partial charge in [-0.25, -0.2) is 0 Å². The van der Waals surface area contributed by atoms with Gasteiger partial charge in [0.25, 0.3) is 0 Å². The second-order valence-corrected chi connectivity index (χ2v) is 5.46. The van der Waals surface area contributed by atoms with Crippen molar-refractivity contribution in [3.63, 3.8) is 0 Å². The molecule has 0 aliphatic carbocycles. The molecule has 3 nitrogen and oxygen atoms in total. The van der Waals surface area contributed by atoms with Crippen LogP contribution in [0.4, 0.5) is 0 Å². The van der Waals surface area contributed by atoms with Crippen LogP contribution in [-0.4, -0.2) is 50.7 Å². The molecule has 1 saturated heterocycles. The lowest BCUT2D eigenvalue weighted by Crippen LogP contribution is -2.44. The number of piperazine rings is 1. The fourth-order valence-corrected chi connectivity index (χ4v) is 2.52. The number of hydrogen-bond donors (Lipinski definition) is 2. The molecule has 0 spiro atoms. The Morgan fingerprint density at radius 3 is 2.33 bits per heavy atom. The Balaban J connectivity index is 1.73. The lowest BCUT2D eigenvalue weighted by molar-refractivity contribution is 0.237.